The fraction of sp³-hybridized carbons (Fsp3) is 0.275. The van der Waals surface area contributed by atoms with Crippen LogP contribution in [0.3, 0.4) is 0 Å². The molecule has 1 unspecified atom stereocenters. The van der Waals surface area contributed by atoms with Crippen molar-refractivity contribution >= 4 is 16.5 Å². The number of pyridine rings is 1. The van der Waals surface area contributed by atoms with Crippen molar-refractivity contribution in [3.63, 3.8) is 0 Å². The smallest absolute Gasteiger partial charge is 0.673 e. The molecule has 5 rings (SSSR count). The van der Waals surface area contributed by atoms with Crippen LogP contribution in [0.25, 0.3) is 27.3 Å². The Morgan fingerprint density at radius 2 is 1.14 bits per heavy atom. The van der Waals surface area contributed by atoms with Gasteiger partial charge in [-0.1, -0.05) is 150 Å². The molecule has 0 aliphatic rings. The van der Waals surface area contributed by atoms with Crippen molar-refractivity contribution in [2.75, 3.05) is 0 Å². The molecule has 1 heterocycles. The van der Waals surface area contributed by atoms with E-state index in [0.717, 1.165) is 28.0 Å². The molecule has 0 N–H and O–H groups in total. The summed E-state index contributed by atoms with van der Waals surface area (Å²) in [5.74, 6) is 1.11. The van der Waals surface area contributed by atoms with Gasteiger partial charge in [0.25, 0.3) is 0 Å². The Hall–Kier alpha value is -3.04. The van der Waals surface area contributed by atoms with Gasteiger partial charge in [0.15, 0.2) is 0 Å². The minimum atomic E-state index is -0.226. The van der Waals surface area contributed by atoms with Crippen LogP contribution >= 0.6 is 0 Å². The molecule has 5 aromatic rings. The predicted octanol–water partition coefficient (Wildman–Crippen LogP) is 12.4. The van der Waals surface area contributed by atoms with Gasteiger partial charge in [0.05, 0.1) is 0 Å². The Balaban J connectivity index is 0.00000231. The summed E-state index contributed by atoms with van der Waals surface area (Å²) in [7, 11) is 0. The SMILES string of the molecule is C.CC(C)c1ccccc1C([N-]c1c(C(C)C)cccc1C(C)C)c1cccc(-c2[c-]ccc3ccccc23)n1.[CH3-].[CH3-].[Hf+4]. The van der Waals surface area contributed by atoms with E-state index < -0.39 is 0 Å². The Morgan fingerprint density at radius 1 is 0.605 bits per heavy atom. The average Bonchev–Trinajstić information content (AvgIpc) is 2.95. The molecule has 0 aliphatic heterocycles. The summed E-state index contributed by atoms with van der Waals surface area (Å²) >= 11 is 0. The first kappa shape index (κ1) is 38.0. The molecule has 0 spiro atoms. The van der Waals surface area contributed by atoms with E-state index in [1.807, 2.05) is 6.07 Å². The maximum absolute atomic E-state index is 5.61. The van der Waals surface area contributed by atoms with Gasteiger partial charge in [-0.15, -0.1) is 34.8 Å². The van der Waals surface area contributed by atoms with Gasteiger partial charge >= 0.3 is 25.8 Å². The molecule has 0 radical (unpaired) electrons. The van der Waals surface area contributed by atoms with E-state index >= 15 is 0 Å². The van der Waals surface area contributed by atoms with E-state index in [1.165, 1.54) is 27.6 Å². The second-order valence-electron chi connectivity index (χ2n) is 11.3. The Kier molecular flexibility index (Phi) is 14.8. The first-order valence-electron chi connectivity index (χ1n) is 14.1. The van der Waals surface area contributed by atoms with E-state index in [4.69, 9.17) is 10.3 Å². The fourth-order valence-electron chi connectivity index (χ4n) is 5.49. The third-order valence-corrected chi connectivity index (χ3v) is 7.54. The maximum Gasteiger partial charge on any atom is 4.00 e. The number of fused-ring (bicyclic) bond motifs is 1. The second kappa shape index (κ2) is 16.7. The zero-order valence-corrected chi connectivity index (χ0v) is 30.0. The molecule has 1 aromatic heterocycles. The molecule has 0 aliphatic carbocycles. The van der Waals surface area contributed by atoms with Crippen molar-refractivity contribution in [1.29, 1.82) is 0 Å². The van der Waals surface area contributed by atoms with Crippen LogP contribution in [0.1, 0.15) is 101 Å². The van der Waals surface area contributed by atoms with Crippen molar-refractivity contribution in [1.82, 2.24) is 4.98 Å². The zero-order valence-electron chi connectivity index (χ0n) is 26.4. The van der Waals surface area contributed by atoms with E-state index in [-0.39, 0.29) is 54.2 Å². The Morgan fingerprint density at radius 3 is 1.77 bits per heavy atom. The van der Waals surface area contributed by atoms with Gasteiger partial charge in [-0.3, -0.25) is 0 Å². The van der Waals surface area contributed by atoms with Crippen molar-refractivity contribution < 1.29 is 25.8 Å². The molecule has 43 heavy (non-hydrogen) atoms. The van der Waals surface area contributed by atoms with Crippen LogP contribution < -0.4 is 0 Å². The van der Waals surface area contributed by atoms with Gasteiger partial charge in [-0.2, -0.15) is 0 Å². The monoisotopic (exact) mass is 736 g/mol. The Bertz CT molecular complexity index is 1550. The van der Waals surface area contributed by atoms with Gasteiger partial charge in [0, 0.05) is 5.69 Å². The fourth-order valence-corrected chi connectivity index (χ4v) is 5.49. The molecule has 1 atom stereocenters. The van der Waals surface area contributed by atoms with Crippen molar-refractivity contribution in [2.24, 2.45) is 0 Å². The van der Waals surface area contributed by atoms with Gasteiger partial charge in [0.1, 0.15) is 0 Å². The van der Waals surface area contributed by atoms with E-state index in [2.05, 4.69) is 139 Å². The zero-order chi connectivity index (χ0) is 27.5. The van der Waals surface area contributed by atoms with Gasteiger partial charge in [-0.05, 0) is 41.1 Å². The molecule has 0 bridgehead atoms. The quantitative estimate of drug-likeness (QED) is 0.115. The van der Waals surface area contributed by atoms with Crippen molar-refractivity contribution in [3.8, 4) is 11.3 Å². The molecule has 0 saturated heterocycles. The number of hydrogen-bond donors (Lipinski definition) is 0. The van der Waals surface area contributed by atoms with Crippen LogP contribution in [-0.4, -0.2) is 4.98 Å². The largest absolute Gasteiger partial charge is 4.00 e. The molecule has 2 nitrogen and oxygen atoms in total. The van der Waals surface area contributed by atoms with Gasteiger partial charge < -0.3 is 25.2 Å². The Labute approximate surface area is 281 Å². The van der Waals surface area contributed by atoms with E-state index in [0.29, 0.717) is 17.8 Å². The minimum Gasteiger partial charge on any atom is -0.673 e. The number of hydrogen-bond acceptors (Lipinski definition) is 1. The first-order valence-corrected chi connectivity index (χ1v) is 14.1. The van der Waals surface area contributed by atoms with Gasteiger partial charge in [-0.25, -0.2) is 0 Å². The summed E-state index contributed by atoms with van der Waals surface area (Å²) in [6, 6.07) is 37.5. The van der Waals surface area contributed by atoms with Crippen LogP contribution in [0.5, 0.6) is 0 Å². The number of para-hydroxylation sites is 1. The predicted molar refractivity (Wildman–Crippen MR) is 186 cm³/mol. The van der Waals surface area contributed by atoms with E-state index in [9.17, 15) is 0 Å². The second-order valence-corrected chi connectivity index (χ2v) is 11.3. The summed E-state index contributed by atoms with van der Waals surface area (Å²) in [6.45, 7) is 13.5. The average molecular weight is 735 g/mol. The number of nitrogens with zero attached hydrogens (tertiary/aromatic N) is 2. The van der Waals surface area contributed by atoms with Gasteiger partial charge in [0.2, 0.25) is 0 Å². The first-order chi connectivity index (χ1) is 18.8. The summed E-state index contributed by atoms with van der Waals surface area (Å²) in [5, 5.41) is 7.96. The minimum absolute atomic E-state index is 0. The summed E-state index contributed by atoms with van der Waals surface area (Å²) in [5.41, 5.74) is 9.10. The van der Waals surface area contributed by atoms with Crippen LogP contribution in [0.2, 0.25) is 0 Å². The third-order valence-electron chi connectivity index (χ3n) is 7.54. The molecule has 0 amide bonds. The molecule has 222 valence electrons. The van der Waals surface area contributed by atoms with Crippen LogP contribution in [0, 0.1) is 20.9 Å². The molecule has 0 fully saturated rings. The van der Waals surface area contributed by atoms with Crippen molar-refractivity contribution in [3.05, 3.63) is 151 Å². The van der Waals surface area contributed by atoms with Crippen LogP contribution in [0.4, 0.5) is 5.69 Å². The molecular formula is C40H48HfN2. The normalized spacial score (nSPS) is 11.3. The standard InChI is InChI=1S/C37H38N2.CH4.2CH3.Hf/c1-24(2)28-16-9-10-18-33(28)37(39-36-29(25(3)4)19-12-20-30(36)26(5)6)35-23-13-22-34(38-35)32-21-11-15-27-14-7-8-17-31(27)32;;;;/h7-20,22-26,37H,1-6H3;1H4;2*1H3;/q-2;;2*-1;+4. The van der Waals surface area contributed by atoms with Crippen LogP contribution in [0.15, 0.2) is 97.1 Å². The van der Waals surface area contributed by atoms with Crippen molar-refractivity contribution in [2.45, 2.75) is 72.8 Å². The topological polar surface area (TPSA) is 27.0 Å². The summed E-state index contributed by atoms with van der Waals surface area (Å²) in [6.07, 6.45) is 0. The molecule has 0 saturated carbocycles. The molecular weight excluding hydrogens is 687 g/mol. The number of rotatable bonds is 8. The molecule has 4 aromatic carbocycles. The van der Waals surface area contributed by atoms with E-state index in [1.54, 1.807) is 0 Å². The summed E-state index contributed by atoms with van der Waals surface area (Å²) in [4.78, 5) is 5.29. The number of aromatic nitrogens is 1. The number of benzene rings is 4. The third kappa shape index (κ3) is 8.12. The molecule has 3 heteroatoms. The van der Waals surface area contributed by atoms with Crippen LogP contribution in [-0.2, 0) is 25.8 Å². The maximum atomic E-state index is 5.61. The summed E-state index contributed by atoms with van der Waals surface area (Å²) < 4.78 is 0.